The van der Waals surface area contributed by atoms with Crippen molar-refractivity contribution in [1.29, 1.82) is 0 Å². The van der Waals surface area contributed by atoms with Crippen LogP contribution in [-0.4, -0.2) is 29.0 Å². The molecule has 0 amide bonds. The molecular weight excluding hydrogens is 234 g/mol. The van der Waals surface area contributed by atoms with Crippen molar-refractivity contribution < 1.29 is 4.74 Å². The molecule has 13 heavy (non-hydrogen) atoms. The average molecular weight is 246 g/mol. The Bertz CT molecular complexity index is 296. The fourth-order valence-electron chi connectivity index (χ4n) is 1.18. The van der Waals surface area contributed by atoms with Gasteiger partial charge in [-0.1, -0.05) is 0 Å². The molecule has 0 saturated carbocycles. The number of rotatable bonds is 3. The molecule has 1 aromatic heterocycles. The predicted octanol–water partition coefficient (Wildman–Crippen LogP) is 0.923. The highest BCUT2D eigenvalue weighted by Crippen LogP contribution is 2.23. The number of nitrogens with zero attached hydrogens (tertiary/aromatic N) is 2. The van der Waals surface area contributed by atoms with E-state index < -0.39 is 0 Å². The van der Waals surface area contributed by atoms with E-state index in [2.05, 4.69) is 26.3 Å². The van der Waals surface area contributed by atoms with E-state index in [1.165, 1.54) is 6.42 Å². The van der Waals surface area contributed by atoms with Crippen LogP contribution in [0.15, 0.2) is 10.8 Å². The molecule has 1 N–H and O–H groups in total. The maximum absolute atomic E-state index is 5.57. The zero-order chi connectivity index (χ0) is 9.26. The minimum atomic E-state index is 0.520. The zero-order valence-electron chi connectivity index (χ0n) is 7.46. The Morgan fingerprint density at radius 3 is 3.08 bits per heavy atom. The molecule has 0 bridgehead atoms. The minimum Gasteiger partial charge on any atom is -0.487 e. The van der Waals surface area contributed by atoms with Gasteiger partial charge in [-0.15, -0.1) is 0 Å². The van der Waals surface area contributed by atoms with Crippen LogP contribution in [0.5, 0.6) is 5.75 Å². The van der Waals surface area contributed by atoms with E-state index in [9.17, 15) is 0 Å². The average Bonchev–Trinajstić information content (AvgIpc) is 2.33. The second-order valence-electron chi connectivity index (χ2n) is 3.17. The fraction of sp³-hybridized carbons (Fsp3) is 0.625. The molecule has 1 aliphatic rings. The van der Waals surface area contributed by atoms with Crippen LogP contribution in [0.25, 0.3) is 0 Å². The largest absolute Gasteiger partial charge is 0.487 e. The predicted molar refractivity (Wildman–Crippen MR) is 52.8 cm³/mol. The second kappa shape index (κ2) is 3.67. The summed E-state index contributed by atoms with van der Waals surface area (Å²) in [4.78, 5) is 0. The Morgan fingerprint density at radius 1 is 1.85 bits per heavy atom. The molecule has 4 nitrogen and oxygen atoms in total. The highest BCUT2D eigenvalue weighted by Gasteiger charge is 2.17. The van der Waals surface area contributed by atoms with Gasteiger partial charge in [0.1, 0.15) is 11.2 Å². The van der Waals surface area contributed by atoms with E-state index in [1.54, 1.807) is 10.9 Å². The lowest BCUT2D eigenvalue weighted by Gasteiger charge is -2.27. The van der Waals surface area contributed by atoms with Crippen molar-refractivity contribution in [2.75, 3.05) is 13.2 Å². The molecule has 72 valence electrons. The van der Waals surface area contributed by atoms with Gasteiger partial charge >= 0.3 is 0 Å². The molecule has 0 radical (unpaired) electrons. The van der Waals surface area contributed by atoms with Crippen LogP contribution >= 0.6 is 15.9 Å². The molecule has 0 aliphatic carbocycles. The molecule has 0 aromatic carbocycles. The van der Waals surface area contributed by atoms with Gasteiger partial charge in [-0.3, -0.25) is 4.68 Å². The molecule has 0 unspecified atom stereocenters. The third kappa shape index (κ3) is 1.86. The van der Waals surface area contributed by atoms with Crippen LogP contribution in [0.1, 0.15) is 6.42 Å². The van der Waals surface area contributed by atoms with Crippen LogP contribution in [0.4, 0.5) is 0 Å². The van der Waals surface area contributed by atoms with E-state index >= 15 is 0 Å². The summed E-state index contributed by atoms with van der Waals surface area (Å²) >= 11 is 3.40. The molecule has 2 heterocycles. The number of hydrogen-bond acceptors (Lipinski definition) is 3. The van der Waals surface area contributed by atoms with Crippen LogP contribution in [-0.2, 0) is 7.05 Å². The van der Waals surface area contributed by atoms with Crippen LogP contribution in [0.3, 0.4) is 0 Å². The molecular formula is C8H12BrN3O. The Labute approximate surface area is 85.4 Å². The van der Waals surface area contributed by atoms with Crippen LogP contribution in [0, 0.1) is 0 Å². The third-order valence-electron chi connectivity index (χ3n) is 2.20. The topological polar surface area (TPSA) is 39.1 Å². The Kier molecular flexibility index (Phi) is 2.55. The smallest absolute Gasteiger partial charge is 0.171 e. The van der Waals surface area contributed by atoms with Gasteiger partial charge < -0.3 is 10.1 Å². The van der Waals surface area contributed by atoms with Gasteiger partial charge in [0.25, 0.3) is 0 Å². The van der Waals surface area contributed by atoms with E-state index in [0.717, 1.165) is 23.5 Å². The van der Waals surface area contributed by atoms with E-state index in [0.29, 0.717) is 6.04 Å². The van der Waals surface area contributed by atoms with Crippen molar-refractivity contribution in [2.24, 2.45) is 7.05 Å². The lowest BCUT2D eigenvalue weighted by atomic mass is 10.1. The summed E-state index contributed by atoms with van der Waals surface area (Å²) in [5, 5.41) is 7.34. The fourth-order valence-corrected chi connectivity index (χ4v) is 1.49. The number of ether oxygens (including phenoxy) is 1. The van der Waals surface area contributed by atoms with Gasteiger partial charge in [-0.2, -0.15) is 5.10 Å². The lowest BCUT2D eigenvalue weighted by Crippen LogP contribution is -2.46. The number of nitrogens with one attached hydrogen (secondary N) is 1. The summed E-state index contributed by atoms with van der Waals surface area (Å²) in [6.45, 7) is 1.84. The third-order valence-corrected chi connectivity index (χ3v) is 3.11. The van der Waals surface area contributed by atoms with Gasteiger partial charge in [-0.05, 0) is 28.9 Å². The number of aryl methyl sites for hydroxylation is 1. The maximum atomic E-state index is 5.57. The monoisotopic (exact) mass is 245 g/mol. The van der Waals surface area contributed by atoms with Crippen molar-refractivity contribution >= 4 is 15.9 Å². The Morgan fingerprint density at radius 2 is 2.62 bits per heavy atom. The summed E-state index contributed by atoms with van der Waals surface area (Å²) in [5.74, 6) is 0.816. The molecule has 1 aliphatic heterocycles. The van der Waals surface area contributed by atoms with Gasteiger partial charge in [0.05, 0.1) is 6.20 Å². The molecule has 1 saturated heterocycles. The van der Waals surface area contributed by atoms with Crippen LogP contribution < -0.4 is 10.1 Å². The van der Waals surface area contributed by atoms with E-state index in [1.807, 2.05) is 7.05 Å². The number of aromatic nitrogens is 2. The van der Waals surface area contributed by atoms with Gasteiger partial charge in [0.2, 0.25) is 0 Å². The molecule has 1 aromatic rings. The molecule has 1 fully saturated rings. The minimum absolute atomic E-state index is 0.520. The molecule has 0 spiro atoms. The van der Waals surface area contributed by atoms with E-state index in [-0.39, 0.29) is 0 Å². The second-order valence-corrected chi connectivity index (χ2v) is 3.93. The van der Waals surface area contributed by atoms with Gasteiger partial charge in [0.15, 0.2) is 5.75 Å². The first-order chi connectivity index (χ1) is 6.27. The van der Waals surface area contributed by atoms with Gasteiger partial charge in [0, 0.05) is 13.1 Å². The van der Waals surface area contributed by atoms with Crippen LogP contribution in [0.2, 0.25) is 0 Å². The summed E-state index contributed by atoms with van der Waals surface area (Å²) in [6.07, 6.45) is 2.93. The van der Waals surface area contributed by atoms with E-state index in [4.69, 9.17) is 4.74 Å². The first kappa shape index (κ1) is 9.02. The summed E-state index contributed by atoms with van der Waals surface area (Å²) in [5.41, 5.74) is 0. The van der Waals surface area contributed by atoms with Crippen molar-refractivity contribution in [3.63, 3.8) is 0 Å². The standard InChI is InChI=1S/C8H12BrN3O/c1-12-8(9)7(4-11-12)13-5-6-2-3-10-6/h4,6,10H,2-3,5H2,1H3/t6-/m1/s1. The Hall–Kier alpha value is -0.550. The van der Waals surface area contributed by atoms with Crippen molar-refractivity contribution in [3.05, 3.63) is 10.8 Å². The summed E-state index contributed by atoms with van der Waals surface area (Å²) in [6, 6.07) is 0.520. The number of hydrogen-bond donors (Lipinski definition) is 1. The highest BCUT2D eigenvalue weighted by molar-refractivity contribution is 9.10. The van der Waals surface area contributed by atoms with Crippen molar-refractivity contribution in [2.45, 2.75) is 12.5 Å². The zero-order valence-corrected chi connectivity index (χ0v) is 9.04. The normalized spacial score (nSPS) is 21.2. The van der Waals surface area contributed by atoms with Crippen molar-refractivity contribution in [1.82, 2.24) is 15.1 Å². The SMILES string of the molecule is Cn1ncc(OC[C@H]2CCN2)c1Br. The molecule has 2 rings (SSSR count). The quantitative estimate of drug-likeness (QED) is 0.862. The first-order valence-corrected chi connectivity index (χ1v) is 5.10. The first-order valence-electron chi connectivity index (χ1n) is 4.31. The summed E-state index contributed by atoms with van der Waals surface area (Å²) < 4.78 is 8.20. The maximum Gasteiger partial charge on any atom is 0.171 e. The van der Waals surface area contributed by atoms with Crippen molar-refractivity contribution in [3.8, 4) is 5.75 Å². The van der Waals surface area contributed by atoms with Gasteiger partial charge in [-0.25, -0.2) is 0 Å². The summed E-state index contributed by atoms with van der Waals surface area (Å²) in [7, 11) is 1.87. The lowest BCUT2D eigenvalue weighted by molar-refractivity contribution is 0.216. The number of halogens is 1. The molecule has 1 atom stereocenters. The Balaban J connectivity index is 1.89. The highest BCUT2D eigenvalue weighted by atomic mass is 79.9. The molecule has 5 heteroatoms.